The third-order valence-corrected chi connectivity index (χ3v) is 6.55. The molecule has 0 amide bonds. The van der Waals surface area contributed by atoms with Crippen molar-refractivity contribution < 1.29 is 26.7 Å². The second-order valence-electron chi connectivity index (χ2n) is 6.68. The lowest BCUT2D eigenvalue weighted by Gasteiger charge is -2.22. The number of benzene rings is 2. The zero-order valence-electron chi connectivity index (χ0n) is 15.9. The Morgan fingerprint density at radius 1 is 1.07 bits per heavy atom. The number of hydrogen-bond donors (Lipinski definition) is 1. The molecule has 0 aliphatic heterocycles. The Hall–Kier alpha value is -2.69. The second kappa shape index (κ2) is 8.21. The molecule has 0 bridgehead atoms. The summed E-state index contributed by atoms with van der Waals surface area (Å²) < 4.78 is 68.8. The first-order chi connectivity index (χ1) is 14.1. The maximum absolute atomic E-state index is 13.5. The zero-order valence-corrected chi connectivity index (χ0v) is 16.7. The standard InChI is InChI=1S/C20H19F3N2O4S/c1-24-18-8-7-15(11-16(18)17(12-19(24)27)20(21,22)23)30(28,29)25(9-10-26)13-14-5-3-2-4-6-14/h2-8,11-12,26H,9-10,13H2,1H3. The molecule has 3 aromatic rings. The molecule has 0 saturated carbocycles. The lowest BCUT2D eigenvalue weighted by atomic mass is 10.1. The molecule has 1 N–H and O–H groups in total. The highest BCUT2D eigenvalue weighted by Gasteiger charge is 2.34. The summed E-state index contributed by atoms with van der Waals surface area (Å²) in [6, 6.07) is 12.3. The third kappa shape index (κ3) is 4.25. The van der Waals surface area contributed by atoms with Crippen molar-refractivity contribution in [3.8, 4) is 0 Å². The zero-order chi connectivity index (χ0) is 22.1. The lowest BCUT2D eigenvalue weighted by molar-refractivity contribution is -0.136. The molecule has 0 spiro atoms. The summed E-state index contributed by atoms with van der Waals surface area (Å²) in [6.45, 7) is -0.738. The summed E-state index contributed by atoms with van der Waals surface area (Å²) >= 11 is 0. The van der Waals surface area contributed by atoms with Gasteiger partial charge in [0.2, 0.25) is 10.0 Å². The van der Waals surface area contributed by atoms with E-state index in [0.29, 0.717) is 11.6 Å². The SMILES string of the molecule is Cn1c(=O)cc(C(F)(F)F)c2cc(S(=O)(=O)N(CCO)Cc3ccccc3)ccc21. The minimum atomic E-state index is -4.83. The average Bonchev–Trinajstić information content (AvgIpc) is 2.70. The Kier molecular flexibility index (Phi) is 6.02. The van der Waals surface area contributed by atoms with E-state index < -0.39 is 39.3 Å². The van der Waals surface area contributed by atoms with Crippen molar-refractivity contribution in [2.24, 2.45) is 7.05 Å². The van der Waals surface area contributed by atoms with E-state index in [2.05, 4.69) is 0 Å². The van der Waals surface area contributed by atoms with E-state index in [1.165, 1.54) is 13.1 Å². The molecule has 30 heavy (non-hydrogen) atoms. The maximum Gasteiger partial charge on any atom is 0.417 e. The van der Waals surface area contributed by atoms with Gasteiger partial charge in [-0.15, -0.1) is 0 Å². The van der Waals surface area contributed by atoms with Gasteiger partial charge in [0, 0.05) is 31.6 Å². The molecule has 3 rings (SSSR count). The molecule has 2 aromatic carbocycles. The monoisotopic (exact) mass is 440 g/mol. The van der Waals surface area contributed by atoms with Crippen LogP contribution in [0.4, 0.5) is 13.2 Å². The number of fused-ring (bicyclic) bond motifs is 1. The van der Waals surface area contributed by atoms with Crippen molar-refractivity contribution >= 4 is 20.9 Å². The Labute approximate surface area is 170 Å². The molecule has 6 nitrogen and oxygen atoms in total. The van der Waals surface area contributed by atoms with Gasteiger partial charge in [-0.05, 0) is 23.8 Å². The van der Waals surface area contributed by atoms with E-state index in [1.54, 1.807) is 30.3 Å². The lowest BCUT2D eigenvalue weighted by Crippen LogP contribution is -2.33. The fourth-order valence-corrected chi connectivity index (χ4v) is 4.61. The van der Waals surface area contributed by atoms with Crippen molar-refractivity contribution in [2.75, 3.05) is 13.2 Å². The number of nitrogens with zero attached hydrogens (tertiary/aromatic N) is 2. The molecule has 0 saturated heterocycles. The van der Waals surface area contributed by atoms with Gasteiger partial charge in [-0.3, -0.25) is 4.79 Å². The molecule has 0 radical (unpaired) electrons. The first-order valence-electron chi connectivity index (χ1n) is 8.91. The topological polar surface area (TPSA) is 79.6 Å². The number of sulfonamides is 1. The number of hydrogen-bond acceptors (Lipinski definition) is 4. The van der Waals surface area contributed by atoms with Crippen molar-refractivity contribution in [2.45, 2.75) is 17.6 Å². The minimum Gasteiger partial charge on any atom is -0.395 e. The van der Waals surface area contributed by atoms with Crippen molar-refractivity contribution in [1.29, 1.82) is 0 Å². The Morgan fingerprint density at radius 3 is 2.33 bits per heavy atom. The van der Waals surface area contributed by atoms with E-state index in [4.69, 9.17) is 0 Å². The van der Waals surface area contributed by atoms with Crippen LogP contribution in [0.1, 0.15) is 11.1 Å². The normalized spacial score (nSPS) is 12.6. The van der Waals surface area contributed by atoms with Crippen LogP contribution in [0.2, 0.25) is 0 Å². The Balaban J connectivity index is 2.16. The first-order valence-corrected chi connectivity index (χ1v) is 10.4. The van der Waals surface area contributed by atoms with Crippen LogP contribution in [0.5, 0.6) is 0 Å². The van der Waals surface area contributed by atoms with E-state index in [1.807, 2.05) is 0 Å². The first kappa shape index (κ1) is 22.0. The molecular formula is C20H19F3N2O4S. The largest absolute Gasteiger partial charge is 0.417 e. The van der Waals surface area contributed by atoms with Crippen LogP contribution in [0.25, 0.3) is 10.9 Å². The predicted molar refractivity (Wildman–Crippen MR) is 105 cm³/mol. The molecule has 0 aliphatic rings. The molecule has 0 fully saturated rings. The smallest absolute Gasteiger partial charge is 0.395 e. The Bertz CT molecular complexity index is 1220. The van der Waals surface area contributed by atoms with Gasteiger partial charge in [-0.2, -0.15) is 17.5 Å². The van der Waals surface area contributed by atoms with Crippen LogP contribution in [0.3, 0.4) is 0 Å². The number of aromatic nitrogens is 1. The highest BCUT2D eigenvalue weighted by atomic mass is 32.2. The van der Waals surface area contributed by atoms with Crippen LogP contribution in [0.15, 0.2) is 64.3 Å². The van der Waals surface area contributed by atoms with Crippen molar-refractivity contribution in [3.05, 3.63) is 76.1 Å². The highest BCUT2D eigenvalue weighted by molar-refractivity contribution is 7.89. The summed E-state index contributed by atoms with van der Waals surface area (Å²) in [4.78, 5) is 11.5. The third-order valence-electron chi connectivity index (χ3n) is 4.71. The van der Waals surface area contributed by atoms with Crippen LogP contribution >= 0.6 is 0 Å². The quantitative estimate of drug-likeness (QED) is 0.639. The summed E-state index contributed by atoms with van der Waals surface area (Å²) in [5, 5.41) is 8.93. The average molecular weight is 440 g/mol. The highest BCUT2D eigenvalue weighted by Crippen LogP contribution is 2.35. The Morgan fingerprint density at radius 2 is 1.73 bits per heavy atom. The summed E-state index contributed by atoms with van der Waals surface area (Å²) in [5.74, 6) is 0. The van der Waals surface area contributed by atoms with Gasteiger partial charge in [-0.1, -0.05) is 30.3 Å². The molecule has 1 heterocycles. The van der Waals surface area contributed by atoms with Gasteiger partial charge in [0.05, 0.1) is 22.6 Å². The van der Waals surface area contributed by atoms with Gasteiger partial charge in [0.25, 0.3) is 5.56 Å². The number of pyridine rings is 1. The van der Waals surface area contributed by atoms with Gasteiger partial charge in [0.1, 0.15) is 0 Å². The number of halogens is 3. The molecule has 10 heteroatoms. The number of alkyl halides is 3. The van der Waals surface area contributed by atoms with Gasteiger partial charge < -0.3 is 9.67 Å². The van der Waals surface area contributed by atoms with Crippen molar-refractivity contribution in [1.82, 2.24) is 8.87 Å². The molecular weight excluding hydrogens is 421 g/mol. The van der Waals surface area contributed by atoms with E-state index in [9.17, 15) is 31.5 Å². The predicted octanol–water partition coefficient (Wildman–Crippen LogP) is 2.74. The molecule has 0 atom stereocenters. The van der Waals surface area contributed by atoms with E-state index in [-0.39, 0.29) is 23.5 Å². The van der Waals surface area contributed by atoms with Crippen LogP contribution in [-0.4, -0.2) is 35.5 Å². The summed E-state index contributed by atoms with van der Waals surface area (Å²) in [7, 11) is -2.91. The van der Waals surface area contributed by atoms with Gasteiger partial charge in [-0.25, -0.2) is 8.42 Å². The fourth-order valence-electron chi connectivity index (χ4n) is 3.17. The van der Waals surface area contributed by atoms with E-state index in [0.717, 1.165) is 21.0 Å². The van der Waals surface area contributed by atoms with Crippen molar-refractivity contribution in [3.63, 3.8) is 0 Å². The van der Waals surface area contributed by atoms with Crippen LogP contribution < -0.4 is 5.56 Å². The minimum absolute atomic E-state index is 0.0365. The molecule has 0 unspecified atom stereocenters. The molecule has 0 aliphatic carbocycles. The van der Waals surface area contributed by atoms with E-state index >= 15 is 0 Å². The van der Waals surface area contributed by atoms with Crippen LogP contribution in [0, 0.1) is 0 Å². The van der Waals surface area contributed by atoms with Gasteiger partial charge in [0.15, 0.2) is 0 Å². The van der Waals surface area contributed by atoms with Gasteiger partial charge >= 0.3 is 6.18 Å². The number of aliphatic hydroxyl groups is 1. The summed E-state index contributed by atoms with van der Waals surface area (Å²) in [5.41, 5.74) is -1.43. The number of aliphatic hydroxyl groups excluding tert-OH is 1. The second-order valence-corrected chi connectivity index (χ2v) is 8.62. The summed E-state index contributed by atoms with van der Waals surface area (Å²) in [6.07, 6.45) is -4.83. The number of rotatable bonds is 6. The molecule has 1 aromatic heterocycles. The van der Waals surface area contributed by atoms with Crippen LogP contribution in [-0.2, 0) is 29.8 Å². The maximum atomic E-state index is 13.5. The number of aryl methyl sites for hydroxylation is 1. The molecule has 160 valence electrons. The fraction of sp³-hybridized carbons (Fsp3) is 0.250.